The van der Waals surface area contributed by atoms with Crippen molar-refractivity contribution in [3.8, 4) is 0 Å². The molecule has 4 N–H and O–H groups in total. The van der Waals surface area contributed by atoms with Gasteiger partial charge in [0, 0.05) is 12.2 Å². The number of nitrogens with two attached hydrogens (primary N) is 1. The number of anilines is 1. The van der Waals surface area contributed by atoms with Crippen LogP contribution in [-0.4, -0.2) is 23.2 Å². The van der Waals surface area contributed by atoms with Crippen LogP contribution in [0.5, 0.6) is 0 Å². The minimum atomic E-state index is -0.876. The molecule has 2 rings (SSSR count). The fourth-order valence-corrected chi connectivity index (χ4v) is 2.53. The van der Waals surface area contributed by atoms with Crippen molar-refractivity contribution in [1.82, 2.24) is 5.32 Å². The van der Waals surface area contributed by atoms with Crippen molar-refractivity contribution in [2.24, 2.45) is 5.92 Å². The monoisotopic (exact) mass is 280 g/mol. The zero-order valence-electron chi connectivity index (χ0n) is 11.7. The van der Waals surface area contributed by atoms with Crippen LogP contribution >= 0.6 is 0 Å². The van der Waals surface area contributed by atoms with Gasteiger partial charge in [0.2, 0.25) is 0 Å². The van der Waals surface area contributed by atoms with Crippen molar-refractivity contribution in [3.63, 3.8) is 0 Å². The third-order valence-electron chi connectivity index (χ3n) is 4.02. The molecule has 110 valence electrons. The molecule has 0 spiro atoms. The van der Waals surface area contributed by atoms with E-state index in [0.29, 0.717) is 24.4 Å². The Bertz CT molecular complexity index is 497. The van der Waals surface area contributed by atoms with Crippen molar-refractivity contribution >= 4 is 11.6 Å². The highest BCUT2D eigenvalue weighted by molar-refractivity contribution is 5.95. The number of benzene rings is 1. The maximum Gasteiger partial charge on any atom is 0.254 e. The molecule has 1 aromatic rings. The Morgan fingerprint density at radius 2 is 2.15 bits per heavy atom. The molecule has 1 saturated carbocycles. The van der Waals surface area contributed by atoms with E-state index < -0.39 is 17.3 Å². The number of hydrogen-bond acceptors (Lipinski definition) is 3. The van der Waals surface area contributed by atoms with Crippen LogP contribution in [-0.2, 0) is 0 Å². The summed E-state index contributed by atoms with van der Waals surface area (Å²) in [5.74, 6) is -0.542. The second kappa shape index (κ2) is 5.79. The van der Waals surface area contributed by atoms with Gasteiger partial charge in [-0.15, -0.1) is 0 Å². The summed E-state index contributed by atoms with van der Waals surface area (Å²) in [4.78, 5) is 11.9. The molecule has 1 amide bonds. The van der Waals surface area contributed by atoms with E-state index in [1.807, 2.05) is 0 Å². The Morgan fingerprint density at radius 3 is 2.80 bits per heavy atom. The van der Waals surface area contributed by atoms with Gasteiger partial charge in [0.15, 0.2) is 0 Å². The SMILES string of the molecule is CC1CCC(O)(CNC(=O)c2cc(N)ccc2F)CC1. The Hall–Kier alpha value is -1.62. The lowest BCUT2D eigenvalue weighted by atomic mass is 9.79. The summed E-state index contributed by atoms with van der Waals surface area (Å²) in [6.45, 7) is 2.30. The molecular formula is C15H21FN2O2. The fourth-order valence-electron chi connectivity index (χ4n) is 2.53. The van der Waals surface area contributed by atoms with E-state index in [-0.39, 0.29) is 12.1 Å². The first kappa shape index (κ1) is 14.8. The van der Waals surface area contributed by atoms with Crippen LogP contribution in [0.2, 0.25) is 0 Å². The molecular weight excluding hydrogens is 259 g/mol. The Morgan fingerprint density at radius 1 is 1.50 bits per heavy atom. The Labute approximate surface area is 118 Å². The normalized spacial score (nSPS) is 26.2. The Balaban J connectivity index is 1.97. The van der Waals surface area contributed by atoms with E-state index >= 15 is 0 Å². The molecule has 0 saturated heterocycles. The standard InChI is InChI=1S/C15H21FN2O2/c1-10-4-6-15(20,7-5-10)9-18-14(19)12-8-11(17)2-3-13(12)16/h2-3,8,10,20H,4-7,9,17H2,1H3,(H,18,19). The van der Waals surface area contributed by atoms with E-state index in [9.17, 15) is 14.3 Å². The molecule has 5 heteroatoms. The first-order valence-corrected chi connectivity index (χ1v) is 6.95. The van der Waals surface area contributed by atoms with Crippen molar-refractivity contribution < 1.29 is 14.3 Å². The lowest BCUT2D eigenvalue weighted by Gasteiger charge is -2.34. The number of nitrogen functional groups attached to an aromatic ring is 1. The summed E-state index contributed by atoms with van der Waals surface area (Å²) in [5, 5.41) is 13.0. The van der Waals surface area contributed by atoms with Gasteiger partial charge in [-0.05, 0) is 49.8 Å². The van der Waals surface area contributed by atoms with Gasteiger partial charge in [-0.2, -0.15) is 0 Å². The van der Waals surface area contributed by atoms with E-state index in [2.05, 4.69) is 12.2 Å². The lowest BCUT2D eigenvalue weighted by Crippen LogP contribution is -2.45. The predicted octanol–water partition coefficient (Wildman–Crippen LogP) is 2.08. The zero-order valence-corrected chi connectivity index (χ0v) is 11.7. The summed E-state index contributed by atoms with van der Waals surface area (Å²) in [6.07, 6.45) is 3.21. The van der Waals surface area contributed by atoms with Gasteiger partial charge in [-0.1, -0.05) is 6.92 Å². The van der Waals surface area contributed by atoms with Crippen molar-refractivity contribution in [3.05, 3.63) is 29.6 Å². The highest BCUT2D eigenvalue weighted by atomic mass is 19.1. The number of hydrogen-bond donors (Lipinski definition) is 3. The van der Waals surface area contributed by atoms with Crippen LogP contribution < -0.4 is 11.1 Å². The Kier molecular flexibility index (Phi) is 4.28. The lowest BCUT2D eigenvalue weighted by molar-refractivity contribution is -0.00543. The first-order valence-electron chi connectivity index (χ1n) is 6.95. The second-order valence-electron chi connectivity index (χ2n) is 5.83. The number of carbonyl (C=O) groups is 1. The van der Waals surface area contributed by atoms with Crippen molar-refractivity contribution in [1.29, 1.82) is 0 Å². The van der Waals surface area contributed by atoms with Crippen molar-refractivity contribution in [2.45, 2.75) is 38.2 Å². The van der Waals surface area contributed by atoms with Gasteiger partial charge in [-0.25, -0.2) is 4.39 Å². The fraction of sp³-hybridized carbons (Fsp3) is 0.533. The van der Waals surface area contributed by atoms with E-state index in [1.165, 1.54) is 18.2 Å². The van der Waals surface area contributed by atoms with Gasteiger partial charge in [0.05, 0.1) is 11.2 Å². The molecule has 1 aliphatic carbocycles. The smallest absolute Gasteiger partial charge is 0.254 e. The first-order chi connectivity index (χ1) is 9.39. The summed E-state index contributed by atoms with van der Waals surface area (Å²) in [5.41, 5.74) is 4.92. The largest absolute Gasteiger partial charge is 0.399 e. The summed E-state index contributed by atoms with van der Waals surface area (Å²) >= 11 is 0. The van der Waals surface area contributed by atoms with Crippen LogP contribution in [0.4, 0.5) is 10.1 Å². The average Bonchev–Trinajstić information content (AvgIpc) is 2.43. The highest BCUT2D eigenvalue weighted by Gasteiger charge is 2.32. The third-order valence-corrected chi connectivity index (χ3v) is 4.02. The third kappa shape index (κ3) is 3.48. The number of amides is 1. The van der Waals surface area contributed by atoms with Gasteiger partial charge in [0.25, 0.3) is 5.91 Å². The van der Waals surface area contributed by atoms with Crippen LogP contribution in [0.25, 0.3) is 0 Å². The molecule has 0 atom stereocenters. The molecule has 0 heterocycles. The predicted molar refractivity (Wildman–Crippen MR) is 75.7 cm³/mol. The number of halogens is 1. The number of aliphatic hydroxyl groups is 1. The molecule has 0 radical (unpaired) electrons. The molecule has 0 aromatic heterocycles. The minimum Gasteiger partial charge on any atom is -0.399 e. The summed E-state index contributed by atoms with van der Waals surface area (Å²) in [6, 6.07) is 3.88. The average molecular weight is 280 g/mol. The summed E-state index contributed by atoms with van der Waals surface area (Å²) in [7, 11) is 0. The van der Waals surface area contributed by atoms with Gasteiger partial charge < -0.3 is 16.2 Å². The number of rotatable bonds is 3. The topological polar surface area (TPSA) is 75.3 Å². The highest BCUT2D eigenvalue weighted by Crippen LogP contribution is 2.31. The maximum absolute atomic E-state index is 13.6. The van der Waals surface area contributed by atoms with E-state index in [4.69, 9.17) is 5.73 Å². The molecule has 1 aromatic carbocycles. The molecule has 0 bridgehead atoms. The summed E-state index contributed by atoms with van der Waals surface area (Å²) < 4.78 is 13.6. The van der Waals surface area contributed by atoms with Gasteiger partial charge in [-0.3, -0.25) is 4.79 Å². The number of carbonyl (C=O) groups excluding carboxylic acids is 1. The van der Waals surface area contributed by atoms with Crippen LogP contribution in [0.3, 0.4) is 0 Å². The maximum atomic E-state index is 13.6. The minimum absolute atomic E-state index is 0.0854. The van der Waals surface area contributed by atoms with Gasteiger partial charge in [0.1, 0.15) is 5.82 Å². The molecule has 1 aliphatic rings. The second-order valence-corrected chi connectivity index (χ2v) is 5.83. The molecule has 4 nitrogen and oxygen atoms in total. The zero-order chi connectivity index (χ0) is 14.8. The molecule has 0 unspecified atom stereocenters. The molecule has 20 heavy (non-hydrogen) atoms. The van der Waals surface area contributed by atoms with Crippen LogP contribution in [0.1, 0.15) is 43.0 Å². The van der Waals surface area contributed by atoms with Crippen molar-refractivity contribution in [2.75, 3.05) is 12.3 Å². The van der Waals surface area contributed by atoms with Crippen LogP contribution in [0, 0.1) is 11.7 Å². The quantitative estimate of drug-likeness (QED) is 0.742. The molecule has 1 fully saturated rings. The molecule has 0 aliphatic heterocycles. The van der Waals surface area contributed by atoms with E-state index in [1.54, 1.807) is 0 Å². The van der Waals surface area contributed by atoms with Crippen LogP contribution in [0.15, 0.2) is 18.2 Å². The number of nitrogens with one attached hydrogen (secondary N) is 1. The van der Waals surface area contributed by atoms with E-state index in [0.717, 1.165) is 12.8 Å². The van der Waals surface area contributed by atoms with Gasteiger partial charge >= 0.3 is 0 Å².